The van der Waals surface area contributed by atoms with Gasteiger partial charge in [-0.3, -0.25) is 4.79 Å². The van der Waals surface area contributed by atoms with Crippen LogP contribution in [0.15, 0.2) is 48.7 Å². The van der Waals surface area contributed by atoms with Crippen molar-refractivity contribution in [2.45, 2.75) is 38.7 Å². The molecule has 1 fully saturated rings. The molecule has 2 aromatic carbocycles. The van der Waals surface area contributed by atoms with E-state index in [1.807, 2.05) is 49.1 Å². The molecule has 1 aromatic heterocycles. The summed E-state index contributed by atoms with van der Waals surface area (Å²) >= 11 is 0. The zero-order valence-electron chi connectivity index (χ0n) is 19.8. The molecule has 0 atom stereocenters. The van der Waals surface area contributed by atoms with Gasteiger partial charge in [0.2, 0.25) is 5.91 Å². The van der Waals surface area contributed by atoms with Crippen LogP contribution in [0.5, 0.6) is 17.2 Å². The Morgan fingerprint density at radius 1 is 1.06 bits per heavy atom. The van der Waals surface area contributed by atoms with Gasteiger partial charge in [-0.2, -0.15) is 0 Å². The van der Waals surface area contributed by atoms with E-state index in [4.69, 9.17) is 14.2 Å². The SMILES string of the molecule is COc1ccc2[nH]cc(C3CCN(C(=O)/C=C/c4ccc(OC(C)C)c(OC)c4)CC3)c2c1. The van der Waals surface area contributed by atoms with E-state index in [0.29, 0.717) is 17.4 Å². The van der Waals surface area contributed by atoms with Crippen LogP contribution in [0.1, 0.15) is 43.7 Å². The number of piperidine rings is 1. The second-order valence-corrected chi connectivity index (χ2v) is 8.67. The molecule has 3 aromatic rings. The lowest BCUT2D eigenvalue weighted by molar-refractivity contribution is -0.126. The van der Waals surface area contributed by atoms with Gasteiger partial charge < -0.3 is 24.1 Å². The zero-order valence-corrected chi connectivity index (χ0v) is 19.8. The summed E-state index contributed by atoms with van der Waals surface area (Å²) in [7, 11) is 3.31. The standard InChI is InChI=1S/C27H32N2O4/c1-18(2)33-25-9-5-19(15-26(25)32-4)6-10-27(30)29-13-11-20(12-14-29)23-17-28-24-8-7-21(31-3)16-22(23)24/h5-10,15-18,20,28H,11-14H2,1-4H3/b10-6+. The van der Waals surface area contributed by atoms with Gasteiger partial charge in [0.1, 0.15) is 5.75 Å². The van der Waals surface area contributed by atoms with Crippen molar-refractivity contribution in [2.24, 2.45) is 0 Å². The van der Waals surface area contributed by atoms with E-state index in [1.54, 1.807) is 20.3 Å². The number of ether oxygens (including phenoxy) is 3. The molecule has 0 saturated carbocycles. The highest BCUT2D eigenvalue weighted by atomic mass is 16.5. The van der Waals surface area contributed by atoms with Gasteiger partial charge in [0.15, 0.2) is 11.5 Å². The number of fused-ring (bicyclic) bond motifs is 1. The van der Waals surface area contributed by atoms with Crippen LogP contribution in [0, 0.1) is 0 Å². The van der Waals surface area contributed by atoms with Gasteiger partial charge in [-0.15, -0.1) is 0 Å². The number of hydrogen-bond donors (Lipinski definition) is 1. The van der Waals surface area contributed by atoms with Crippen LogP contribution in [-0.2, 0) is 4.79 Å². The van der Waals surface area contributed by atoms with Gasteiger partial charge in [0, 0.05) is 36.3 Å². The number of nitrogens with one attached hydrogen (secondary N) is 1. The molecule has 4 rings (SSSR count). The number of nitrogens with zero attached hydrogens (tertiary/aromatic N) is 1. The molecular formula is C27H32N2O4. The number of rotatable bonds is 7. The normalized spacial score (nSPS) is 14.9. The van der Waals surface area contributed by atoms with Crippen LogP contribution in [0.3, 0.4) is 0 Å². The number of aromatic amines is 1. The van der Waals surface area contributed by atoms with Crippen LogP contribution in [0.25, 0.3) is 17.0 Å². The molecule has 0 aliphatic carbocycles. The molecule has 6 heteroatoms. The molecule has 1 amide bonds. The smallest absolute Gasteiger partial charge is 0.246 e. The summed E-state index contributed by atoms with van der Waals surface area (Å²) in [5, 5.41) is 1.21. The number of carbonyl (C=O) groups excluding carboxylic acids is 1. The first-order chi connectivity index (χ1) is 16.0. The quantitative estimate of drug-likeness (QED) is 0.492. The van der Waals surface area contributed by atoms with E-state index in [2.05, 4.69) is 23.3 Å². The van der Waals surface area contributed by atoms with Crippen molar-refractivity contribution >= 4 is 22.9 Å². The van der Waals surface area contributed by atoms with Crippen molar-refractivity contribution in [3.63, 3.8) is 0 Å². The van der Waals surface area contributed by atoms with Crippen LogP contribution < -0.4 is 14.2 Å². The molecule has 1 saturated heterocycles. The highest BCUT2D eigenvalue weighted by molar-refractivity contribution is 5.92. The maximum Gasteiger partial charge on any atom is 0.246 e. The van der Waals surface area contributed by atoms with Crippen molar-refractivity contribution in [2.75, 3.05) is 27.3 Å². The van der Waals surface area contributed by atoms with Crippen LogP contribution >= 0.6 is 0 Å². The van der Waals surface area contributed by atoms with Gasteiger partial charge in [-0.1, -0.05) is 6.07 Å². The molecule has 1 aliphatic heterocycles. The summed E-state index contributed by atoms with van der Waals surface area (Å²) in [6.07, 6.45) is 7.54. The zero-order chi connectivity index (χ0) is 23.4. The average molecular weight is 449 g/mol. The maximum absolute atomic E-state index is 12.8. The van der Waals surface area contributed by atoms with Crippen LogP contribution in [-0.4, -0.2) is 49.2 Å². The Kier molecular flexibility index (Phi) is 6.92. The van der Waals surface area contributed by atoms with Gasteiger partial charge in [0.25, 0.3) is 0 Å². The molecule has 1 aliphatic rings. The number of hydrogen-bond acceptors (Lipinski definition) is 4. The minimum Gasteiger partial charge on any atom is -0.497 e. The average Bonchev–Trinajstić information content (AvgIpc) is 3.26. The minimum atomic E-state index is 0.0375. The Hall–Kier alpha value is -3.41. The summed E-state index contributed by atoms with van der Waals surface area (Å²) in [6, 6.07) is 11.8. The topological polar surface area (TPSA) is 63.8 Å². The van der Waals surface area contributed by atoms with Gasteiger partial charge in [-0.05, 0) is 80.1 Å². The lowest BCUT2D eigenvalue weighted by Gasteiger charge is -2.31. The number of H-pyrrole nitrogens is 1. The van der Waals surface area contributed by atoms with E-state index in [0.717, 1.165) is 42.8 Å². The number of amides is 1. The predicted molar refractivity (Wildman–Crippen MR) is 131 cm³/mol. The van der Waals surface area contributed by atoms with Crippen LogP contribution in [0.4, 0.5) is 0 Å². The van der Waals surface area contributed by atoms with Crippen molar-refractivity contribution in [3.8, 4) is 17.2 Å². The Balaban J connectivity index is 1.38. The lowest BCUT2D eigenvalue weighted by atomic mass is 9.89. The largest absolute Gasteiger partial charge is 0.497 e. The highest BCUT2D eigenvalue weighted by Crippen LogP contribution is 2.35. The van der Waals surface area contributed by atoms with E-state index in [1.165, 1.54) is 10.9 Å². The number of likely N-dealkylation sites (tertiary alicyclic amines) is 1. The van der Waals surface area contributed by atoms with E-state index >= 15 is 0 Å². The molecule has 174 valence electrons. The molecular weight excluding hydrogens is 416 g/mol. The Morgan fingerprint density at radius 2 is 1.85 bits per heavy atom. The molecule has 0 unspecified atom stereocenters. The van der Waals surface area contributed by atoms with E-state index in [9.17, 15) is 4.79 Å². The summed E-state index contributed by atoms with van der Waals surface area (Å²) < 4.78 is 16.6. The first-order valence-electron chi connectivity index (χ1n) is 11.4. The van der Waals surface area contributed by atoms with Gasteiger partial charge in [-0.25, -0.2) is 0 Å². The van der Waals surface area contributed by atoms with Crippen LogP contribution in [0.2, 0.25) is 0 Å². The first kappa shape index (κ1) is 22.8. The minimum absolute atomic E-state index is 0.0375. The second-order valence-electron chi connectivity index (χ2n) is 8.67. The second kappa shape index (κ2) is 10.0. The lowest BCUT2D eigenvalue weighted by Crippen LogP contribution is -2.36. The number of aromatic nitrogens is 1. The number of carbonyl (C=O) groups is 1. The third kappa shape index (κ3) is 5.16. The molecule has 2 heterocycles. The fourth-order valence-electron chi connectivity index (χ4n) is 4.41. The first-order valence-corrected chi connectivity index (χ1v) is 11.4. The van der Waals surface area contributed by atoms with E-state index < -0.39 is 0 Å². The summed E-state index contributed by atoms with van der Waals surface area (Å²) in [6.45, 7) is 5.44. The van der Waals surface area contributed by atoms with Gasteiger partial charge >= 0.3 is 0 Å². The predicted octanol–water partition coefficient (Wildman–Crippen LogP) is 5.39. The van der Waals surface area contributed by atoms with Gasteiger partial charge in [0.05, 0.1) is 20.3 Å². The Bertz CT molecular complexity index is 1140. The molecule has 1 N–H and O–H groups in total. The Morgan fingerprint density at radius 3 is 2.55 bits per heavy atom. The molecule has 33 heavy (non-hydrogen) atoms. The van der Waals surface area contributed by atoms with E-state index in [-0.39, 0.29) is 12.0 Å². The third-order valence-electron chi connectivity index (χ3n) is 6.14. The van der Waals surface area contributed by atoms with Crippen molar-refractivity contribution < 1.29 is 19.0 Å². The fourth-order valence-corrected chi connectivity index (χ4v) is 4.41. The molecule has 0 spiro atoms. The molecule has 6 nitrogen and oxygen atoms in total. The molecule has 0 radical (unpaired) electrons. The van der Waals surface area contributed by atoms with Crippen molar-refractivity contribution in [3.05, 3.63) is 59.8 Å². The molecule has 0 bridgehead atoms. The monoisotopic (exact) mass is 448 g/mol. The number of benzene rings is 2. The summed E-state index contributed by atoms with van der Waals surface area (Å²) in [4.78, 5) is 18.1. The Labute approximate surface area is 195 Å². The highest BCUT2D eigenvalue weighted by Gasteiger charge is 2.24. The maximum atomic E-state index is 12.8. The van der Waals surface area contributed by atoms with Crippen molar-refractivity contribution in [1.29, 1.82) is 0 Å². The third-order valence-corrected chi connectivity index (χ3v) is 6.14. The van der Waals surface area contributed by atoms with Crippen molar-refractivity contribution in [1.82, 2.24) is 9.88 Å². The fraction of sp³-hybridized carbons (Fsp3) is 0.370. The summed E-state index contributed by atoms with van der Waals surface area (Å²) in [5.74, 6) is 2.69. The number of methoxy groups -OCH3 is 2. The summed E-state index contributed by atoms with van der Waals surface area (Å²) in [5.41, 5.74) is 3.33.